The van der Waals surface area contributed by atoms with Gasteiger partial charge >= 0.3 is 0 Å². The summed E-state index contributed by atoms with van der Waals surface area (Å²) < 4.78 is 5.44. The van der Waals surface area contributed by atoms with Gasteiger partial charge in [-0.2, -0.15) is 0 Å². The molecule has 0 aliphatic carbocycles. The summed E-state index contributed by atoms with van der Waals surface area (Å²) in [6.07, 6.45) is 1.35. The van der Waals surface area contributed by atoms with E-state index in [1.807, 2.05) is 0 Å². The lowest BCUT2D eigenvalue weighted by Gasteiger charge is -2.31. The van der Waals surface area contributed by atoms with Crippen LogP contribution in [0.2, 0.25) is 10.0 Å². The van der Waals surface area contributed by atoms with Gasteiger partial charge < -0.3 is 15.0 Å². The van der Waals surface area contributed by atoms with Crippen LogP contribution < -0.4 is 10.1 Å². The van der Waals surface area contributed by atoms with Gasteiger partial charge in [-0.25, -0.2) is 0 Å². The van der Waals surface area contributed by atoms with Crippen molar-refractivity contribution in [2.45, 2.75) is 12.8 Å². The molecule has 0 radical (unpaired) electrons. The van der Waals surface area contributed by atoms with Gasteiger partial charge in [0, 0.05) is 31.1 Å². The summed E-state index contributed by atoms with van der Waals surface area (Å²) in [6, 6.07) is 4.86. The number of nitrogens with one attached hydrogen (secondary N) is 1. The Labute approximate surface area is 139 Å². The van der Waals surface area contributed by atoms with E-state index >= 15 is 0 Å². The normalized spacial score (nSPS) is 15.5. The molecule has 1 N–H and O–H groups in total. The molecular weight excluding hydrogens is 327 g/mol. The predicted molar refractivity (Wildman–Crippen MR) is 85.3 cm³/mol. The lowest BCUT2D eigenvalue weighted by Crippen LogP contribution is -2.44. The standard InChI is InChI=1S/C15H18Cl2N2O3/c1-18-15(21)10-4-6-19(7-5-10)14(20)9-22-13-3-2-11(16)8-12(13)17/h2-3,8,10H,4-7,9H2,1H3,(H,18,21). The highest BCUT2D eigenvalue weighted by Crippen LogP contribution is 2.27. The van der Waals surface area contributed by atoms with Crippen LogP contribution in [0.3, 0.4) is 0 Å². The van der Waals surface area contributed by atoms with Crippen molar-refractivity contribution in [2.75, 3.05) is 26.7 Å². The first-order valence-corrected chi connectivity index (χ1v) is 7.84. The van der Waals surface area contributed by atoms with Crippen LogP contribution >= 0.6 is 23.2 Å². The van der Waals surface area contributed by atoms with Crippen LogP contribution in [0.1, 0.15) is 12.8 Å². The van der Waals surface area contributed by atoms with Crippen molar-refractivity contribution in [1.82, 2.24) is 10.2 Å². The molecule has 1 saturated heterocycles. The molecular formula is C15H18Cl2N2O3. The number of carbonyl (C=O) groups excluding carboxylic acids is 2. The number of likely N-dealkylation sites (tertiary alicyclic amines) is 1. The Bertz CT molecular complexity index is 558. The minimum absolute atomic E-state index is 0.0133. The molecule has 2 rings (SSSR count). The Kier molecular flexibility index (Phi) is 5.91. The first-order chi connectivity index (χ1) is 10.5. The summed E-state index contributed by atoms with van der Waals surface area (Å²) in [4.78, 5) is 25.4. The van der Waals surface area contributed by atoms with Crippen molar-refractivity contribution >= 4 is 35.0 Å². The maximum absolute atomic E-state index is 12.1. The Morgan fingerprint density at radius 1 is 1.32 bits per heavy atom. The fourth-order valence-corrected chi connectivity index (χ4v) is 2.88. The zero-order valence-electron chi connectivity index (χ0n) is 12.3. The molecule has 120 valence electrons. The fourth-order valence-electron chi connectivity index (χ4n) is 2.42. The topological polar surface area (TPSA) is 58.6 Å². The molecule has 0 spiro atoms. The summed E-state index contributed by atoms with van der Waals surface area (Å²) in [5.41, 5.74) is 0. The predicted octanol–water partition coefficient (Wildman–Crippen LogP) is 2.36. The van der Waals surface area contributed by atoms with E-state index in [9.17, 15) is 9.59 Å². The van der Waals surface area contributed by atoms with Crippen LogP contribution in [0.15, 0.2) is 18.2 Å². The second-order valence-electron chi connectivity index (χ2n) is 5.13. The van der Waals surface area contributed by atoms with Crippen LogP contribution in [-0.4, -0.2) is 43.5 Å². The zero-order chi connectivity index (χ0) is 16.1. The van der Waals surface area contributed by atoms with Crippen molar-refractivity contribution < 1.29 is 14.3 Å². The highest BCUT2D eigenvalue weighted by Gasteiger charge is 2.26. The summed E-state index contributed by atoms with van der Waals surface area (Å²) in [7, 11) is 1.63. The molecule has 1 aliphatic heterocycles. The third-order valence-corrected chi connectivity index (χ3v) is 4.24. The summed E-state index contributed by atoms with van der Waals surface area (Å²) in [6.45, 7) is 1.05. The average Bonchev–Trinajstić information content (AvgIpc) is 2.53. The second-order valence-corrected chi connectivity index (χ2v) is 5.98. The molecule has 1 fully saturated rings. The Morgan fingerprint density at radius 2 is 2.00 bits per heavy atom. The smallest absolute Gasteiger partial charge is 0.260 e. The summed E-state index contributed by atoms with van der Waals surface area (Å²) in [5, 5.41) is 3.53. The largest absolute Gasteiger partial charge is 0.482 e. The van der Waals surface area contributed by atoms with Gasteiger partial charge in [0.25, 0.3) is 5.91 Å². The monoisotopic (exact) mass is 344 g/mol. The van der Waals surface area contributed by atoms with Crippen molar-refractivity contribution in [2.24, 2.45) is 5.92 Å². The van der Waals surface area contributed by atoms with E-state index in [0.29, 0.717) is 41.7 Å². The first kappa shape index (κ1) is 16.9. The van der Waals surface area contributed by atoms with Gasteiger partial charge in [0.15, 0.2) is 6.61 Å². The number of halogens is 2. The second kappa shape index (κ2) is 7.70. The van der Waals surface area contributed by atoms with Crippen molar-refractivity contribution in [1.29, 1.82) is 0 Å². The maximum Gasteiger partial charge on any atom is 0.260 e. The van der Waals surface area contributed by atoms with Crippen LogP contribution in [0, 0.1) is 5.92 Å². The third-order valence-electron chi connectivity index (χ3n) is 3.71. The Hall–Kier alpha value is -1.46. The fraction of sp³-hybridized carbons (Fsp3) is 0.467. The van der Waals surface area contributed by atoms with Crippen molar-refractivity contribution in [3.8, 4) is 5.75 Å². The number of hydrogen-bond donors (Lipinski definition) is 1. The molecule has 0 unspecified atom stereocenters. The zero-order valence-corrected chi connectivity index (χ0v) is 13.8. The number of carbonyl (C=O) groups is 2. The number of benzene rings is 1. The molecule has 22 heavy (non-hydrogen) atoms. The van der Waals surface area contributed by atoms with Crippen molar-refractivity contribution in [3.63, 3.8) is 0 Å². The van der Waals surface area contributed by atoms with Gasteiger partial charge in [-0.3, -0.25) is 9.59 Å². The first-order valence-electron chi connectivity index (χ1n) is 7.08. The SMILES string of the molecule is CNC(=O)C1CCN(C(=O)COc2ccc(Cl)cc2Cl)CC1. The average molecular weight is 345 g/mol. The van der Waals surface area contributed by atoms with E-state index in [2.05, 4.69) is 5.32 Å². The Morgan fingerprint density at radius 3 is 2.59 bits per heavy atom. The van der Waals surface area contributed by atoms with E-state index in [1.54, 1.807) is 30.1 Å². The number of hydrogen-bond acceptors (Lipinski definition) is 3. The van der Waals surface area contributed by atoms with Crippen LogP contribution in [0.25, 0.3) is 0 Å². The third kappa shape index (κ3) is 4.27. The lowest BCUT2D eigenvalue weighted by atomic mass is 9.96. The molecule has 0 aromatic heterocycles. The van der Waals surface area contributed by atoms with Gasteiger partial charge in [0.05, 0.1) is 5.02 Å². The van der Waals surface area contributed by atoms with Gasteiger partial charge in [-0.05, 0) is 31.0 Å². The number of amides is 2. The number of piperidine rings is 1. The number of nitrogens with zero attached hydrogens (tertiary/aromatic N) is 1. The lowest BCUT2D eigenvalue weighted by molar-refractivity contribution is -0.137. The van der Waals surface area contributed by atoms with Gasteiger partial charge in [0.2, 0.25) is 5.91 Å². The molecule has 5 nitrogen and oxygen atoms in total. The van der Waals surface area contributed by atoms with Gasteiger partial charge in [0.1, 0.15) is 5.75 Å². The molecule has 7 heteroatoms. The van der Waals surface area contributed by atoms with Crippen LogP contribution in [0.4, 0.5) is 0 Å². The summed E-state index contributed by atoms with van der Waals surface area (Å²) in [5.74, 6) is 0.345. The van der Waals surface area contributed by atoms with E-state index in [1.165, 1.54) is 0 Å². The number of rotatable bonds is 4. The Balaban J connectivity index is 1.82. The van der Waals surface area contributed by atoms with Gasteiger partial charge in [-0.15, -0.1) is 0 Å². The molecule has 2 amide bonds. The minimum Gasteiger partial charge on any atom is -0.482 e. The molecule has 1 aliphatic rings. The molecule has 1 aromatic rings. The minimum atomic E-state index is -0.110. The van der Waals surface area contributed by atoms with Crippen LogP contribution in [0.5, 0.6) is 5.75 Å². The van der Waals surface area contributed by atoms with E-state index < -0.39 is 0 Å². The van der Waals surface area contributed by atoms with E-state index in [0.717, 1.165) is 0 Å². The molecule has 0 bridgehead atoms. The van der Waals surface area contributed by atoms with E-state index in [-0.39, 0.29) is 24.3 Å². The highest BCUT2D eigenvalue weighted by molar-refractivity contribution is 6.35. The molecule has 0 atom stereocenters. The maximum atomic E-state index is 12.1. The quantitative estimate of drug-likeness (QED) is 0.911. The summed E-state index contributed by atoms with van der Waals surface area (Å²) >= 11 is 11.8. The molecule has 1 heterocycles. The van der Waals surface area contributed by atoms with Crippen molar-refractivity contribution in [3.05, 3.63) is 28.2 Å². The molecule has 1 aromatic carbocycles. The molecule has 0 saturated carbocycles. The highest BCUT2D eigenvalue weighted by atomic mass is 35.5. The van der Waals surface area contributed by atoms with Gasteiger partial charge in [-0.1, -0.05) is 23.2 Å². The number of ether oxygens (including phenoxy) is 1. The van der Waals surface area contributed by atoms with Crippen LogP contribution in [-0.2, 0) is 9.59 Å². The van der Waals surface area contributed by atoms with E-state index in [4.69, 9.17) is 27.9 Å².